The maximum atomic E-state index is 6.16. The number of halogens is 1. The summed E-state index contributed by atoms with van der Waals surface area (Å²) in [6.07, 6.45) is 2.17. The zero-order chi connectivity index (χ0) is 14.4. The molecule has 0 aliphatic carbocycles. The topological polar surface area (TPSA) is 28.6 Å². The van der Waals surface area contributed by atoms with Crippen LogP contribution in [0.15, 0.2) is 30.5 Å². The molecule has 0 saturated carbocycles. The van der Waals surface area contributed by atoms with Crippen LogP contribution >= 0.6 is 11.6 Å². The van der Waals surface area contributed by atoms with E-state index in [1.807, 2.05) is 24.4 Å². The highest BCUT2D eigenvalue weighted by Gasteiger charge is 2.38. The van der Waals surface area contributed by atoms with Gasteiger partial charge < -0.3 is 9.64 Å². The number of hydrogen-bond donors (Lipinski definition) is 0. The van der Waals surface area contributed by atoms with Gasteiger partial charge in [0.1, 0.15) is 0 Å². The van der Waals surface area contributed by atoms with E-state index < -0.39 is 0 Å². The van der Waals surface area contributed by atoms with E-state index in [9.17, 15) is 0 Å². The lowest BCUT2D eigenvalue weighted by atomic mass is 10.1. The minimum absolute atomic E-state index is 0.297. The molecule has 110 valence electrons. The lowest BCUT2D eigenvalue weighted by Gasteiger charge is -2.33. The van der Waals surface area contributed by atoms with E-state index >= 15 is 0 Å². The summed E-state index contributed by atoms with van der Waals surface area (Å²) in [6, 6.07) is 8.43. The van der Waals surface area contributed by atoms with Crippen molar-refractivity contribution in [2.45, 2.75) is 12.1 Å². The highest BCUT2D eigenvalue weighted by molar-refractivity contribution is 6.31. The maximum Gasteiger partial charge on any atom is 0.0922 e. The molecule has 1 aromatic heterocycles. The number of rotatable bonds is 1. The Morgan fingerprint density at radius 3 is 3.05 bits per heavy atom. The molecule has 5 heteroatoms. The van der Waals surface area contributed by atoms with Gasteiger partial charge in [-0.1, -0.05) is 11.6 Å². The van der Waals surface area contributed by atoms with Crippen molar-refractivity contribution in [3.8, 4) is 0 Å². The Kier molecular flexibility index (Phi) is 3.25. The number of morpholine rings is 1. The van der Waals surface area contributed by atoms with Gasteiger partial charge in [0.2, 0.25) is 0 Å². The fraction of sp³-hybridized carbons (Fsp3) is 0.438. The zero-order valence-corrected chi connectivity index (χ0v) is 12.8. The minimum Gasteiger partial charge on any atom is -0.373 e. The number of nitrogens with zero attached hydrogens (tertiary/aromatic N) is 3. The molecule has 4 rings (SSSR count). The third-order valence-electron chi connectivity index (χ3n) is 4.60. The molecule has 2 unspecified atom stereocenters. The van der Waals surface area contributed by atoms with Crippen LogP contribution in [0.5, 0.6) is 0 Å². The molecular formula is C16H18ClN3O. The first kappa shape index (κ1) is 13.3. The van der Waals surface area contributed by atoms with E-state index in [0.29, 0.717) is 12.1 Å². The minimum atomic E-state index is 0.297. The first-order valence-electron chi connectivity index (χ1n) is 7.33. The third kappa shape index (κ3) is 2.27. The average Bonchev–Trinajstić information content (AvgIpc) is 2.92. The van der Waals surface area contributed by atoms with E-state index in [2.05, 4.69) is 27.9 Å². The van der Waals surface area contributed by atoms with Crippen LogP contribution in [-0.2, 0) is 4.74 Å². The quantitative estimate of drug-likeness (QED) is 0.809. The summed E-state index contributed by atoms with van der Waals surface area (Å²) in [5.74, 6) is 0. The molecule has 2 atom stereocenters. The fourth-order valence-electron chi connectivity index (χ4n) is 3.43. The molecule has 2 aromatic rings. The zero-order valence-electron chi connectivity index (χ0n) is 12.0. The predicted molar refractivity (Wildman–Crippen MR) is 85.1 cm³/mol. The number of aromatic nitrogens is 1. The van der Waals surface area contributed by atoms with Gasteiger partial charge in [-0.3, -0.25) is 9.88 Å². The van der Waals surface area contributed by atoms with Crippen molar-refractivity contribution in [2.24, 2.45) is 0 Å². The molecular weight excluding hydrogens is 286 g/mol. The number of fused-ring (bicyclic) bond motifs is 2. The summed E-state index contributed by atoms with van der Waals surface area (Å²) in [4.78, 5) is 9.24. The molecule has 0 amide bonds. The maximum absolute atomic E-state index is 6.16. The van der Waals surface area contributed by atoms with Gasteiger partial charge in [0.15, 0.2) is 0 Å². The predicted octanol–water partition coefficient (Wildman–Crippen LogP) is 2.41. The molecule has 2 aliphatic heterocycles. The molecule has 0 radical (unpaired) electrons. The number of hydrogen-bond acceptors (Lipinski definition) is 4. The van der Waals surface area contributed by atoms with Crippen molar-refractivity contribution in [1.29, 1.82) is 0 Å². The van der Waals surface area contributed by atoms with Crippen LogP contribution in [0.1, 0.15) is 0 Å². The number of likely N-dealkylation sites (N-methyl/N-ethyl adjacent to an activating group) is 1. The van der Waals surface area contributed by atoms with Gasteiger partial charge in [0.25, 0.3) is 0 Å². The number of anilines is 1. The van der Waals surface area contributed by atoms with Gasteiger partial charge in [-0.25, -0.2) is 0 Å². The van der Waals surface area contributed by atoms with Gasteiger partial charge in [0, 0.05) is 41.9 Å². The molecule has 2 fully saturated rings. The number of ether oxygens (including phenoxy) is 1. The van der Waals surface area contributed by atoms with Gasteiger partial charge in [-0.15, -0.1) is 0 Å². The molecule has 0 bridgehead atoms. The van der Waals surface area contributed by atoms with Crippen molar-refractivity contribution >= 4 is 28.2 Å². The Bertz CT molecular complexity index is 678. The van der Waals surface area contributed by atoms with E-state index in [-0.39, 0.29) is 0 Å². The van der Waals surface area contributed by atoms with E-state index in [4.69, 9.17) is 16.3 Å². The van der Waals surface area contributed by atoms with Crippen molar-refractivity contribution in [3.63, 3.8) is 0 Å². The van der Waals surface area contributed by atoms with Crippen molar-refractivity contribution in [1.82, 2.24) is 9.88 Å². The Hall–Kier alpha value is -1.36. The monoisotopic (exact) mass is 303 g/mol. The third-order valence-corrected chi connectivity index (χ3v) is 4.84. The van der Waals surface area contributed by atoms with Crippen LogP contribution in [0.4, 0.5) is 5.69 Å². The first-order chi connectivity index (χ1) is 10.2. The van der Waals surface area contributed by atoms with Crippen LogP contribution in [0.2, 0.25) is 5.02 Å². The van der Waals surface area contributed by atoms with E-state index in [0.717, 1.165) is 42.2 Å². The second-order valence-electron chi connectivity index (χ2n) is 5.85. The molecule has 1 aromatic carbocycles. The summed E-state index contributed by atoms with van der Waals surface area (Å²) in [7, 11) is 2.19. The summed E-state index contributed by atoms with van der Waals surface area (Å²) in [6.45, 7) is 3.76. The second kappa shape index (κ2) is 5.13. The highest BCUT2D eigenvalue weighted by atomic mass is 35.5. The Balaban J connectivity index is 1.72. The standard InChI is InChI=1S/C16H18ClN3O/c1-19-6-7-21-16-10-20(9-15(16)19)14-4-5-18-13-3-2-11(17)8-12(13)14/h2-5,8,15-16H,6-7,9-10H2,1H3. The van der Waals surface area contributed by atoms with Crippen LogP contribution < -0.4 is 4.90 Å². The van der Waals surface area contributed by atoms with Crippen LogP contribution in [-0.4, -0.2) is 55.3 Å². The van der Waals surface area contributed by atoms with Gasteiger partial charge >= 0.3 is 0 Å². The Morgan fingerprint density at radius 1 is 1.29 bits per heavy atom. The molecule has 3 heterocycles. The largest absolute Gasteiger partial charge is 0.373 e. The van der Waals surface area contributed by atoms with Gasteiger partial charge in [-0.05, 0) is 31.3 Å². The number of pyridine rings is 1. The van der Waals surface area contributed by atoms with Crippen molar-refractivity contribution in [2.75, 3.05) is 38.2 Å². The normalized spacial score (nSPS) is 26.3. The van der Waals surface area contributed by atoms with Gasteiger partial charge in [-0.2, -0.15) is 0 Å². The van der Waals surface area contributed by atoms with Crippen LogP contribution in [0.3, 0.4) is 0 Å². The van der Waals surface area contributed by atoms with Crippen molar-refractivity contribution < 1.29 is 4.74 Å². The smallest absolute Gasteiger partial charge is 0.0922 e. The van der Waals surface area contributed by atoms with Crippen molar-refractivity contribution in [3.05, 3.63) is 35.5 Å². The average molecular weight is 304 g/mol. The Labute approximate surface area is 129 Å². The van der Waals surface area contributed by atoms with Gasteiger partial charge in [0.05, 0.1) is 24.3 Å². The molecule has 21 heavy (non-hydrogen) atoms. The summed E-state index contributed by atoms with van der Waals surface area (Å²) in [5.41, 5.74) is 2.19. The lowest BCUT2D eigenvalue weighted by Crippen LogP contribution is -2.48. The van der Waals surface area contributed by atoms with Crippen LogP contribution in [0, 0.1) is 0 Å². The SMILES string of the molecule is CN1CCOC2CN(c3ccnc4ccc(Cl)cc34)CC21. The molecule has 0 N–H and O–H groups in total. The molecule has 4 nitrogen and oxygen atoms in total. The Morgan fingerprint density at radius 2 is 2.19 bits per heavy atom. The van der Waals surface area contributed by atoms with E-state index in [1.54, 1.807) is 0 Å². The summed E-state index contributed by atoms with van der Waals surface area (Å²) >= 11 is 6.16. The second-order valence-corrected chi connectivity index (χ2v) is 6.29. The summed E-state index contributed by atoms with van der Waals surface area (Å²) < 4.78 is 5.93. The lowest BCUT2D eigenvalue weighted by molar-refractivity contribution is -0.0362. The molecule has 0 spiro atoms. The molecule has 2 saturated heterocycles. The first-order valence-corrected chi connectivity index (χ1v) is 7.71. The highest BCUT2D eigenvalue weighted by Crippen LogP contribution is 2.32. The fourth-order valence-corrected chi connectivity index (χ4v) is 3.61. The summed E-state index contributed by atoms with van der Waals surface area (Å²) in [5, 5.41) is 1.87. The number of benzene rings is 1. The van der Waals surface area contributed by atoms with E-state index in [1.165, 1.54) is 5.69 Å². The molecule has 2 aliphatic rings. The van der Waals surface area contributed by atoms with Crippen LogP contribution in [0.25, 0.3) is 10.9 Å².